The third-order valence-corrected chi connectivity index (χ3v) is 4.60. The van der Waals surface area contributed by atoms with Crippen molar-refractivity contribution in [3.05, 3.63) is 90.0 Å². The molecule has 142 valence electrons. The molecule has 28 heavy (non-hydrogen) atoms. The van der Waals surface area contributed by atoms with Gasteiger partial charge >= 0.3 is 0 Å². The molecule has 2 amide bonds. The van der Waals surface area contributed by atoms with Gasteiger partial charge in [0.2, 0.25) is 5.91 Å². The molecular weight excluding hydrogens is 348 g/mol. The molecule has 0 bridgehead atoms. The zero-order valence-corrected chi connectivity index (χ0v) is 16.1. The standard InChI is InChI=1S/C24H24N2O2/c1-3-23(27)26-22-11-7-10-21(16-22)24(28)25-17(2)18-12-14-20(15-13-18)19-8-5-4-6-9-19/h4-17H,3H2,1-2H3,(H,25,28)(H,26,27). The average molecular weight is 372 g/mol. The van der Waals surface area contributed by atoms with E-state index < -0.39 is 0 Å². The fourth-order valence-electron chi connectivity index (χ4n) is 2.95. The second kappa shape index (κ2) is 9.00. The topological polar surface area (TPSA) is 58.2 Å². The normalized spacial score (nSPS) is 11.5. The number of hydrogen-bond donors (Lipinski definition) is 2. The molecule has 0 aliphatic rings. The minimum Gasteiger partial charge on any atom is -0.346 e. The molecule has 0 saturated heterocycles. The van der Waals surface area contributed by atoms with Crippen LogP contribution in [-0.4, -0.2) is 11.8 Å². The molecule has 0 saturated carbocycles. The Hall–Kier alpha value is -3.40. The zero-order chi connectivity index (χ0) is 19.9. The van der Waals surface area contributed by atoms with Gasteiger partial charge in [-0.1, -0.05) is 67.6 Å². The Kier molecular flexibility index (Phi) is 6.22. The van der Waals surface area contributed by atoms with Crippen molar-refractivity contribution in [2.45, 2.75) is 26.3 Å². The van der Waals surface area contributed by atoms with Gasteiger partial charge in [0.1, 0.15) is 0 Å². The Morgan fingerprint density at radius 3 is 2.21 bits per heavy atom. The van der Waals surface area contributed by atoms with Gasteiger partial charge in [0.05, 0.1) is 6.04 Å². The van der Waals surface area contributed by atoms with Gasteiger partial charge in [-0.3, -0.25) is 9.59 Å². The highest BCUT2D eigenvalue weighted by Crippen LogP contribution is 2.22. The van der Waals surface area contributed by atoms with Crippen molar-refractivity contribution in [3.8, 4) is 11.1 Å². The lowest BCUT2D eigenvalue weighted by atomic mass is 10.0. The highest BCUT2D eigenvalue weighted by atomic mass is 16.2. The summed E-state index contributed by atoms with van der Waals surface area (Å²) in [6.07, 6.45) is 0.395. The van der Waals surface area contributed by atoms with Crippen LogP contribution >= 0.6 is 0 Å². The average Bonchev–Trinajstić information content (AvgIpc) is 2.74. The molecule has 0 aliphatic carbocycles. The van der Waals surface area contributed by atoms with Crippen LogP contribution in [0.2, 0.25) is 0 Å². The maximum Gasteiger partial charge on any atom is 0.251 e. The van der Waals surface area contributed by atoms with Crippen LogP contribution in [0, 0.1) is 0 Å². The Morgan fingerprint density at radius 1 is 0.857 bits per heavy atom. The van der Waals surface area contributed by atoms with Crippen LogP contribution in [0.1, 0.15) is 42.2 Å². The van der Waals surface area contributed by atoms with Crippen LogP contribution in [0.4, 0.5) is 5.69 Å². The summed E-state index contributed by atoms with van der Waals surface area (Å²) >= 11 is 0. The molecule has 4 heteroatoms. The van der Waals surface area contributed by atoms with E-state index in [9.17, 15) is 9.59 Å². The van der Waals surface area contributed by atoms with Crippen molar-refractivity contribution in [1.29, 1.82) is 0 Å². The van der Waals surface area contributed by atoms with Crippen LogP contribution in [0.5, 0.6) is 0 Å². The fraction of sp³-hybridized carbons (Fsp3) is 0.167. The summed E-state index contributed by atoms with van der Waals surface area (Å²) in [6, 6.07) is 25.2. The summed E-state index contributed by atoms with van der Waals surface area (Å²) < 4.78 is 0. The van der Waals surface area contributed by atoms with E-state index in [2.05, 4.69) is 34.9 Å². The molecule has 0 heterocycles. The molecule has 3 rings (SSSR count). The highest BCUT2D eigenvalue weighted by molar-refractivity contribution is 5.97. The van der Waals surface area contributed by atoms with E-state index in [1.165, 1.54) is 0 Å². The minimum atomic E-state index is -0.174. The van der Waals surface area contributed by atoms with Gasteiger partial charge < -0.3 is 10.6 Å². The molecule has 1 atom stereocenters. The summed E-state index contributed by atoms with van der Waals surface area (Å²) in [5.41, 5.74) is 4.48. The first-order valence-corrected chi connectivity index (χ1v) is 9.43. The third-order valence-electron chi connectivity index (χ3n) is 4.60. The van der Waals surface area contributed by atoms with E-state index in [-0.39, 0.29) is 17.9 Å². The summed E-state index contributed by atoms with van der Waals surface area (Å²) in [5, 5.41) is 5.79. The van der Waals surface area contributed by atoms with Crippen molar-refractivity contribution >= 4 is 17.5 Å². The number of carbonyl (C=O) groups excluding carboxylic acids is 2. The van der Waals surface area contributed by atoms with Crippen LogP contribution in [0.25, 0.3) is 11.1 Å². The zero-order valence-electron chi connectivity index (χ0n) is 16.1. The first-order chi connectivity index (χ1) is 13.6. The van der Waals surface area contributed by atoms with E-state index in [1.807, 2.05) is 37.3 Å². The SMILES string of the molecule is CCC(=O)Nc1cccc(C(=O)NC(C)c2ccc(-c3ccccc3)cc2)c1. The number of amides is 2. The van der Waals surface area contributed by atoms with Gasteiger partial charge in [0, 0.05) is 17.7 Å². The summed E-state index contributed by atoms with van der Waals surface area (Å²) in [4.78, 5) is 24.1. The molecule has 3 aromatic rings. The molecule has 3 aromatic carbocycles. The molecule has 2 N–H and O–H groups in total. The summed E-state index contributed by atoms with van der Waals surface area (Å²) in [5.74, 6) is -0.253. The Balaban J connectivity index is 1.67. The van der Waals surface area contributed by atoms with Gasteiger partial charge in [-0.05, 0) is 41.8 Å². The van der Waals surface area contributed by atoms with Gasteiger partial charge in [0.15, 0.2) is 0 Å². The monoisotopic (exact) mass is 372 g/mol. The Morgan fingerprint density at radius 2 is 1.54 bits per heavy atom. The van der Waals surface area contributed by atoms with E-state index in [0.29, 0.717) is 17.7 Å². The van der Waals surface area contributed by atoms with Crippen LogP contribution in [0.15, 0.2) is 78.9 Å². The number of benzene rings is 3. The van der Waals surface area contributed by atoms with Crippen LogP contribution in [-0.2, 0) is 4.79 Å². The van der Waals surface area contributed by atoms with Crippen LogP contribution < -0.4 is 10.6 Å². The Bertz CT molecular complexity index is 950. The lowest BCUT2D eigenvalue weighted by Gasteiger charge is -2.15. The predicted octanol–water partition coefficient (Wildman–Crippen LogP) is 5.19. The minimum absolute atomic E-state index is 0.0792. The van der Waals surface area contributed by atoms with Crippen molar-refractivity contribution in [1.82, 2.24) is 5.32 Å². The number of anilines is 1. The van der Waals surface area contributed by atoms with Gasteiger partial charge in [0.25, 0.3) is 5.91 Å². The predicted molar refractivity (Wildman–Crippen MR) is 113 cm³/mol. The molecule has 1 unspecified atom stereocenters. The molecule has 0 radical (unpaired) electrons. The van der Waals surface area contributed by atoms with Gasteiger partial charge in [-0.15, -0.1) is 0 Å². The van der Waals surface area contributed by atoms with Gasteiger partial charge in [-0.25, -0.2) is 0 Å². The van der Waals surface area contributed by atoms with Crippen molar-refractivity contribution in [2.75, 3.05) is 5.32 Å². The maximum absolute atomic E-state index is 12.6. The summed E-state index contributed by atoms with van der Waals surface area (Å²) in [7, 11) is 0. The van der Waals surface area contributed by atoms with Crippen LogP contribution in [0.3, 0.4) is 0 Å². The van der Waals surface area contributed by atoms with E-state index in [4.69, 9.17) is 0 Å². The number of carbonyl (C=O) groups is 2. The van der Waals surface area contributed by atoms with E-state index in [1.54, 1.807) is 31.2 Å². The van der Waals surface area contributed by atoms with Crippen molar-refractivity contribution in [3.63, 3.8) is 0 Å². The highest BCUT2D eigenvalue weighted by Gasteiger charge is 2.12. The fourth-order valence-corrected chi connectivity index (χ4v) is 2.95. The first kappa shape index (κ1) is 19.4. The molecule has 4 nitrogen and oxygen atoms in total. The van der Waals surface area contributed by atoms with E-state index in [0.717, 1.165) is 16.7 Å². The molecular formula is C24H24N2O2. The van der Waals surface area contributed by atoms with Crippen molar-refractivity contribution in [2.24, 2.45) is 0 Å². The molecule has 0 spiro atoms. The number of rotatable bonds is 6. The van der Waals surface area contributed by atoms with Gasteiger partial charge in [-0.2, -0.15) is 0 Å². The first-order valence-electron chi connectivity index (χ1n) is 9.43. The molecule has 0 aliphatic heterocycles. The smallest absolute Gasteiger partial charge is 0.251 e. The van der Waals surface area contributed by atoms with Crippen molar-refractivity contribution < 1.29 is 9.59 Å². The Labute approximate surface area is 165 Å². The molecule has 0 fully saturated rings. The maximum atomic E-state index is 12.6. The third kappa shape index (κ3) is 4.86. The summed E-state index contributed by atoms with van der Waals surface area (Å²) in [6.45, 7) is 3.74. The lowest BCUT2D eigenvalue weighted by molar-refractivity contribution is -0.115. The second-order valence-corrected chi connectivity index (χ2v) is 6.67. The number of nitrogens with one attached hydrogen (secondary N) is 2. The largest absolute Gasteiger partial charge is 0.346 e. The quantitative estimate of drug-likeness (QED) is 0.625. The number of hydrogen-bond acceptors (Lipinski definition) is 2. The molecule has 0 aromatic heterocycles. The lowest BCUT2D eigenvalue weighted by Crippen LogP contribution is -2.26. The second-order valence-electron chi connectivity index (χ2n) is 6.67. The van der Waals surface area contributed by atoms with E-state index >= 15 is 0 Å².